The molecule has 0 bridgehead atoms. The van der Waals surface area contributed by atoms with E-state index in [-0.39, 0.29) is 0 Å². The molecule has 64 valence electrons. The highest BCUT2D eigenvalue weighted by Crippen LogP contribution is 2.14. The molecular weight excluding hydrogens is 197 g/mol. The number of halogens is 2. The molecule has 0 saturated heterocycles. The molecule has 0 aliphatic carbocycles. The minimum Gasteiger partial charge on any atom is -0.241 e. The Bertz CT molecular complexity index is 301. The van der Waals surface area contributed by atoms with Crippen molar-refractivity contribution in [3.05, 3.63) is 34.9 Å². The predicted octanol–water partition coefficient (Wildman–Crippen LogP) is 2.82. The van der Waals surface area contributed by atoms with Crippen molar-refractivity contribution in [2.24, 2.45) is 0 Å². The van der Waals surface area contributed by atoms with Crippen LogP contribution in [0.1, 0.15) is 5.56 Å². The van der Waals surface area contributed by atoms with Crippen LogP contribution in [-0.4, -0.2) is 10.7 Å². The number of hydrogen-bond donors (Lipinski definition) is 1. The van der Waals surface area contributed by atoms with E-state index in [9.17, 15) is 4.39 Å². The van der Waals surface area contributed by atoms with Gasteiger partial charge in [0.1, 0.15) is 11.0 Å². The molecule has 1 heterocycles. The molecule has 0 amide bonds. The molecule has 0 aliphatic rings. The van der Waals surface area contributed by atoms with Gasteiger partial charge in [0.05, 0.1) is 6.20 Å². The van der Waals surface area contributed by atoms with Crippen LogP contribution in [0.4, 0.5) is 4.39 Å². The van der Waals surface area contributed by atoms with E-state index in [1.807, 2.05) is 0 Å². The van der Waals surface area contributed by atoms with Gasteiger partial charge in [-0.3, -0.25) is 0 Å². The van der Waals surface area contributed by atoms with E-state index in [1.165, 1.54) is 6.07 Å². The normalized spacial score (nSPS) is 10.9. The molecule has 1 rings (SSSR count). The molecule has 1 nitrogen and oxygen atoms in total. The SMILES string of the molecule is Fc1cnc(Cl)c(C=CCS)c1. The number of pyridine rings is 1. The second-order valence-corrected chi connectivity index (χ2v) is 2.84. The first-order chi connectivity index (χ1) is 5.74. The lowest BCUT2D eigenvalue weighted by Crippen LogP contribution is -1.83. The predicted molar refractivity (Wildman–Crippen MR) is 52.1 cm³/mol. The van der Waals surface area contributed by atoms with Gasteiger partial charge in [-0.25, -0.2) is 9.37 Å². The molecule has 1 aromatic heterocycles. The first-order valence-corrected chi connectivity index (χ1v) is 4.33. The topological polar surface area (TPSA) is 12.9 Å². The van der Waals surface area contributed by atoms with Gasteiger partial charge in [-0.2, -0.15) is 12.6 Å². The Morgan fingerprint density at radius 2 is 2.42 bits per heavy atom. The van der Waals surface area contributed by atoms with Crippen molar-refractivity contribution >= 4 is 30.3 Å². The molecule has 12 heavy (non-hydrogen) atoms. The minimum atomic E-state index is -0.391. The van der Waals surface area contributed by atoms with Gasteiger partial charge in [0.25, 0.3) is 0 Å². The first kappa shape index (κ1) is 9.55. The largest absolute Gasteiger partial charge is 0.241 e. The third kappa shape index (κ3) is 2.50. The van der Waals surface area contributed by atoms with Crippen molar-refractivity contribution in [1.82, 2.24) is 4.98 Å². The van der Waals surface area contributed by atoms with E-state index in [1.54, 1.807) is 12.2 Å². The fraction of sp³-hybridized carbons (Fsp3) is 0.125. The van der Waals surface area contributed by atoms with Crippen LogP contribution in [0.3, 0.4) is 0 Å². The van der Waals surface area contributed by atoms with E-state index in [2.05, 4.69) is 17.6 Å². The molecule has 0 N–H and O–H groups in total. The van der Waals surface area contributed by atoms with Gasteiger partial charge in [0, 0.05) is 11.3 Å². The lowest BCUT2D eigenvalue weighted by atomic mass is 10.2. The number of aromatic nitrogens is 1. The lowest BCUT2D eigenvalue weighted by molar-refractivity contribution is 0.621. The summed E-state index contributed by atoms with van der Waals surface area (Å²) in [6.45, 7) is 0. The third-order valence-corrected chi connectivity index (χ3v) is 1.76. The molecule has 0 spiro atoms. The molecule has 0 saturated carbocycles. The standard InChI is InChI=1S/C8H7ClFNS/c9-8-6(2-1-3-12)4-7(10)5-11-8/h1-2,4-5,12H,3H2. The summed E-state index contributed by atoms with van der Waals surface area (Å²) in [4.78, 5) is 3.65. The van der Waals surface area contributed by atoms with Crippen LogP contribution >= 0.6 is 24.2 Å². The van der Waals surface area contributed by atoms with Gasteiger partial charge in [-0.1, -0.05) is 23.8 Å². The maximum absolute atomic E-state index is 12.6. The zero-order valence-electron chi connectivity index (χ0n) is 6.17. The lowest BCUT2D eigenvalue weighted by Gasteiger charge is -1.95. The Hall–Kier alpha value is -0.540. The smallest absolute Gasteiger partial charge is 0.142 e. The Labute approximate surface area is 80.7 Å². The highest BCUT2D eigenvalue weighted by Gasteiger charge is 1.98. The number of rotatable bonds is 2. The van der Waals surface area contributed by atoms with Crippen LogP contribution in [0.5, 0.6) is 0 Å². The number of nitrogens with zero attached hydrogens (tertiary/aromatic N) is 1. The van der Waals surface area contributed by atoms with Crippen molar-refractivity contribution in [1.29, 1.82) is 0 Å². The highest BCUT2D eigenvalue weighted by molar-refractivity contribution is 7.80. The zero-order chi connectivity index (χ0) is 8.97. The minimum absolute atomic E-state index is 0.300. The first-order valence-electron chi connectivity index (χ1n) is 3.32. The summed E-state index contributed by atoms with van der Waals surface area (Å²) in [5.41, 5.74) is 0.575. The van der Waals surface area contributed by atoms with Gasteiger partial charge in [-0.05, 0) is 6.07 Å². The van der Waals surface area contributed by atoms with E-state index >= 15 is 0 Å². The van der Waals surface area contributed by atoms with Crippen molar-refractivity contribution in [3.63, 3.8) is 0 Å². The summed E-state index contributed by atoms with van der Waals surface area (Å²) in [6, 6.07) is 1.33. The van der Waals surface area contributed by atoms with Gasteiger partial charge < -0.3 is 0 Å². The Balaban J connectivity index is 2.97. The molecular formula is C8H7ClFNS. The van der Waals surface area contributed by atoms with Crippen molar-refractivity contribution < 1.29 is 4.39 Å². The summed E-state index contributed by atoms with van der Waals surface area (Å²) < 4.78 is 12.6. The van der Waals surface area contributed by atoms with Gasteiger partial charge in [-0.15, -0.1) is 0 Å². The molecule has 0 unspecified atom stereocenters. The molecule has 0 aromatic carbocycles. The molecule has 0 atom stereocenters. The summed E-state index contributed by atoms with van der Waals surface area (Å²) >= 11 is 9.64. The molecule has 1 aromatic rings. The van der Waals surface area contributed by atoms with E-state index in [4.69, 9.17) is 11.6 Å². The molecule has 0 aliphatic heterocycles. The van der Waals surface area contributed by atoms with E-state index in [0.717, 1.165) is 6.20 Å². The summed E-state index contributed by atoms with van der Waals surface area (Å²) in [6.07, 6.45) is 4.54. The maximum atomic E-state index is 12.6. The average molecular weight is 204 g/mol. The van der Waals surface area contributed by atoms with E-state index < -0.39 is 5.82 Å². The fourth-order valence-corrected chi connectivity index (χ4v) is 1.01. The van der Waals surface area contributed by atoms with Gasteiger partial charge >= 0.3 is 0 Å². The number of hydrogen-bond acceptors (Lipinski definition) is 2. The maximum Gasteiger partial charge on any atom is 0.142 e. The molecule has 4 heteroatoms. The monoisotopic (exact) mass is 203 g/mol. The van der Waals surface area contributed by atoms with Crippen LogP contribution in [0.2, 0.25) is 5.15 Å². The summed E-state index contributed by atoms with van der Waals surface area (Å²) in [7, 11) is 0. The van der Waals surface area contributed by atoms with Crippen molar-refractivity contribution in [2.75, 3.05) is 5.75 Å². The second kappa shape index (κ2) is 4.48. The number of thiol groups is 1. The fourth-order valence-electron chi connectivity index (χ4n) is 0.735. The van der Waals surface area contributed by atoms with Crippen LogP contribution in [0.25, 0.3) is 6.08 Å². The van der Waals surface area contributed by atoms with Crippen molar-refractivity contribution in [2.45, 2.75) is 0 Å². The van der Waals surface area contributed by atoms with Gasteiger partial charge in [0.2, 0.25) is 0 Å². The van der Waals surface area contributed by atoms with Crippen molar-refractivity contribution in [3.8, 4) is 0 Å². The average Bonchev–Trinajstić information content (AvgIpc) is 2.07. The van der Waals surface area contributed by atoms with Crippen LogP contribution < -0.4 is 0 Å². The summed E-state index contributed by atoms with van der Waals surface area (Å²) in [5.74, 6) is 0.200. The van der Waals surface area contributed by atoms with E-state index in [0.29, 0.717) is 16.5 Å². The Morgan fingerprint density at radius 1 is 1.67 bits per heavy atom. The highest BCUT2D eigenvalue weighted by atomic mass is 35.5. The second-order valence-electron chi connectivity index (χ2n) is 2.12. The van der Waals surface area contributed by atoms with Crippen LogP contribution in [0.15, 0.2) is 18.3 Å². The van der Waals surface area contributed by atoms with Gasteiger partial charge in [0.15, 0.2) is 0 Å². The Kier molecular flexibility index (Phi) is 3.56. The quantitative estimate of drug-likeness (QED) is 0.576. The van der Waals surface area contributed by atoms with Crippen LogP contribution in [0, 0.1) is 5.82 Å². The Morgan fingerprint density at radius 3 is 3.08 bits per heavy atom. The molecule has 0 radical (unpaired) electrons. The van der Waals surface area contributed by atoms with Crippen LogP contribution in [-0.2, 0) is 0 Å². The summed E-state index contributed by atoms with van der Waals surface area (Å²) in [5, 5.41) is 0.300. The third-order valence-electron chi connectivity index (χ3n) is 1.24. The molecule has 0 fully saturated rings. The zero-order valence-corrected chi connectivity index (χ0v) is 7.82.